The minimum absolute atomic E-state index is 0.0637. The summed E-state index contributed by atoms with van der Waals surface area (Å²) in [7, 11) is 0. The van der Waals surface area contributed by atoms with E-state index in [0.29, 0.717) is 18.6 Å². The Labute approximate surface area is 366 Å². The van der Waals surface area contributed by atoms with Gasteiger partial charge in [0.15, 0.2) is 17.5 Å². The lowest BCUT2D eigenvalue weighted by Gasteiger charge is -2.67. The third-order valence-electron chi connectivity index (χ3n) is 12.8. The van der Waals surface area contributed by atoms with Crippen molar-refractivity contribution in [2.24, 2.45) is 16.7 Å². The van der Waals surface area contributed by atoms with Crippen LogP contribution in [0.3, 0.4) is 0 Å². The molecule has 2 aromatic rings. The van der Waals surface area contributed by atoms with Crippen molar-refractivity contribution >= 4 is 36.3 Å². The number of hydrogen-bond acceptors (Lipinski definition) is 16. The quantitative estimate of drug-likeness (QED) is 0.0992. The molecule has 0 unspecified atom stereocenters. The summed E-state index contributed by atoms with van der Waals surface area (Å²) in [6, 6.07) is 14.6. The maximum absolute atomic E-state index is 14.9. The van der Waals surface area contributed by atoms with E-state index in [1.165, 1.54) is 26.0 Å². The van der Waals surface area contributed by atoms with Crippen molar-refractivity contribution in [1.82, 2.24) is 5.32 Å². The standard InChI is InChI=1S/C43H53NO14.C3H6O2/c1-22-26(55-37(51)32(48)30(24-15-11-9-12-16-24)44-38(52)58-39(3,4)5)20-43(53)35(56-36(50)25-17-13-10-14-18-25)33-41(8,34(49)31(47)29(22)40(43,6)7)27(46)19-28-42(33,21-54-28)57-23(2)45;1-2-5-3-4/h9-18,26-28,30-33,35,46-48,53H,19-21H2,1-8H3,(H,44,52);3H,2H2,1H3/t26-,27-,28+,30-,31+,32+,33-,35-,41+,42-,43+;/m0./s1. The summed E-state index contributed by atoms with van der Waals surface area (Å²) in [6.45, 7) is 14.5. The number of carbonyl (C=O) groups excluding carboxylic acids is 6. The molecule has 1 amide bonds. The summed E-state index contributed by atoms with van der Waals surface area (Å²) in [5, 5.41) is 51.6. The second kappa shape index (κ2) is 18.5. The number of amides is 1. The molecule has 4 aliphatic rings. The fourth-order valence-corrected chi connectivity index (χ4v) is 9.63. The number of alkyl carbamates (subject to hydrolysis) is 1. The molecule has 344 valence electrons. The monoisotopic (exact) mass is 881 g/mol. The average Bonchev–Trinajstić information content (AvgIpc) is 3.21. The Hall–Kier alpha value is -5.20. The maximum Gasteiger partial charge on any atom is 0.408 e. The van der Waals surface area contributed by atoms with Gasteiger partial charge in [-0.3, -0.25) is 14.4 Å². The molecule has 0 aromatic heterocycles. The van der Waals surface area contributed by atoms with Gasteiger partial charge in [0, 0.05) is 25.2 Å². The number of esters is 3. The summed E-state index contributed by atoms with van der Waals surface area (Å²) in [5.41, 5.74) is -8.14. The smallest absolute Gasteiger partial charge is 0.408 e. The van der Waals surface area contributed by atoms with E-state index in [1.54, 1.807) is 90.1 Å². The van der Waals surface area contributed by atoms with Gasteiger partial charge in [-0.05, 0) is 70.4 Å². The zero-order chi connectivity index (χ0) is 46.9. The van der Waals surface area contributed by atoms with Crippen molar-refractivity contribution in [2.75, 3.05) is 13.2 Å². The normalized spacial score (nSPS) is 31.5. The van der Waals surface area contributed by atoms with Crippen LogP contribution in [0.1, 0.15) is 97.1 Å². The van der Waals surface area contributed by atoms with Crippen LogP contribution in [0.2, 0.25) is 0 Å². The first kappa shape index (κ1) is 48.8. The highest BCUT2D eigenvalue weighted by molar-refractivity contribution is 5.94. The number of fused-ring (bicyclic) bond motifs is 5. The molecule has 17 nitrogen and oxygen atoms in total. The molecule has 5 N–H and O–H groups in total. The lowest BCUT2D eigenvalue weighted by atomic mass is 9.44. The first-order chi connectivity index (χ1) is 29.4. The molecule has 1 saturated heterocycles. The molecule has 3 fully saturated rings. The molecule has 2 saturated carbocycles. The first-order valence-electron chi connectivity index (χ1n) is 20.8. The lowest BCUT2D eigenvalue weighted by molar-refractivity contribution is -0.346. The van der Waals surface area contributed by atoms with Crippen molar-refractivity contribution < 1.29 is 77.6 Å². The lowest BCUT2D eigenvalue weighted by Crippen LogP contribution is -2.81. The molecule has 0 spiro atoms. The largest absolute Gasteiger partial charge is 0.468 e. The highest BCUT2D eigenvalue weighted by Crippen LogP contribution is 2.64. The third-order valence-corrected chi connectivity index (χ3v) is 12.8. The van der Waals surface area contributed by atoms with Crippen molar-refractivity contribution in [2.45, 2.75) is 135 Å². The van der Waals surface area contributed by atoms with Crippen LogP contribution in [-0.2, 0) is 47.6 Å². The molecule has 0 radical (unpaired) electrons. The van der Waals surface area contributed by atoms with Gasteiger partial charge in [0.2, 0.25) is 0 Å². The number of ketones is 1. The number of rotatable bonds is 10. The molecule has 1 aliphatic heterocycles. The van der Waals surface area contributed by atoms with Gasteiger partial charge in [0.1, 0.15) is 35.6 Å². The minimum atomic E-state index is -2.35. The van der Waals surface area contributed by atoms with E-state index < -0.39 is 112 Å². The van der Waals surface area contributed by atoms with Crippen LogP contribution in [0.5, 0.6) is 0 Å². The van der Waals surface area contributed by atoms with Gasteiger partial charge in [-0.2, -0.15) is 0 Å². The molecule has 63 heavy (non-hydrogen) atoms. The number of nitrogens with one attached hydrogen (secondary N) is 1. The van der Waals surface area contributed by atoms with Crippen LogP contribution in [0, 0.1) is 16.7 Å². The molecule has 3 aliphatic carbocycles. The fraction of sp³-hybridized carbons (Fsp3) is 0.565. The average molecular weight is 882 g/mol. The second-order valence-electron chi connectivity index (χ2n) is 18.1. The molecule has 17 heteroatoms. The molecule has 11 atom stereocenters. The highest BCUT2D eigenvalue weighted by atomic mass is 16.6. The van der Waals surface area contributed by atoms with E-state index in [2.05, 4.69) is 10.1 Å². The number of ether oxygens (including phenoxy) is 6. The molecule has 2 aromatic carbocycles. The van der Waals surface area contributed by atoms with Crippen LogP contribution in [0.4, 0.5) is 4.79 Å². The van der Waals surface area contributed by atoms with Gasteiger partial charge in [-0.25, -0.2) is 14.4 Å². The van der Waals surface area contributed by atoms with E-state index >= 15 is 0 Å². The second-order valence-corrected chi connectivity index (χ2v) is 18.1. The SMILES string of the molecule is CC(=O)O[C@@]12CO[C@@H]1C[C@H](O)[C@@]1(C)C(=O)[C@H](O)C3=C(C)[C@@H](OC(=O)[C@H](O)[C@@H](NC(=O)OC(C)(C)C)c4ccccc4)C[C@@](O)([C@@H](OC(=O)c4ccccc4)[C@H]21)C3(C)C.CCOC=O. The van der Waals surface area contributed by atoms with Gasteiger partial charge >= 0.3 is 24.0 Å². The predicted octanol–water partition coefficient (Wildman–Crippen LogP) is 3.44. The summed E-state index contributed by atoms with van der Waals surface area (Å²) in [4.78, 5) is 78.1. The first-order valence-corrected chi connectivity index (χ1v) is 20.8. The Morgan fingerprint density at radius 3 is 2.10 bits per heavy atom. The summed E-state index contributed by atoms with van der Waals surface area (Å²) in [5.74, 6) is -5.36. The van der Waals surface area contributed by atoms with E-state index in [4.69, 9.17) is 23.7 Å². The van der Waals surface area contributed by atoms with Crippen molar-refractivity contribution in [3.8, 4) is 0 Å². The zero-order valence-corrected chi connectivity index (χ0v) is 37.0. The number of carbonyl (C=O) groups is 6. The van der Waals surface area contributed by atoms with E-state index in [0.717, 1.165) is 6.92 Å². The maximum atomic E-state index is 14.9. The highest BCUT2D eigenvalue weighted by Gasteiger charge is 2.78. The minimum Gasteiger partial charge on any atom is -0.468 e. The fourth-order valence-electron chi connectivity index (χ4n) is 9.63. The third kappa shape index (κ3) is 9.11. The van der Waals surface area contributed by atoms with Crippen molar-refractivity contribution in [1.29, 1.82) is 0 Å². The summed E-state index contributed by atoms with van der Waals surface area (Å²) in [6.07, 6.45) is -11.5. The Balaban J connectivity index is 0.00000141. The van der Waals surface area contributed by atoms with Crippen LogP contribution in [-0.4, -0.2) is 123 Å². The van der Waals surface area contributed by atoms with E-state index in [1.807, 2.05) is 0 Å². The zero-order valence-electron chi connectivity index (χ0n) is 37.0. The molecule has 2 bridgehead atoms. The number of aliphatic hydroxyl groups is 4. The predicted molar refractivity (Wildman–Crippen MR) is 221 cm³/mol. The number of aliphatic hydroxyl groups excluding tert-OH is 3. The van der Waals surface area contributed by atoms with E-state index in [-0.39, 0.29) is 29.7 Å². The number of benzene rings is 2. The van der Waals surface area contributed by atoms with Crippen LogP contribution < -0.4 is 5.32 Å². The van der Waals surface area contributed by atoms with Crippen molar-refractivity contribution in [3.05, 3.63) is 82.9 Å². The van der Waals surface area contributed by atoms with Gasteiger partial charge in [0.25, 0.3) is 6.47 Å². The Morgan fingerprint density at radius 2 is 1.59 bits per heavy atom. The van der Waals surface area contributed by atoms with Crippen LogP contribution in [0.15, 0.2) is 71.8 Å². The Bertz CT molecular complexity index is 2070. The molecule has 1 heterocycles. The summed E-state index contributed by atoms with van der Waals surface area (Å²) < 4.78 is 33.7. The topological polar surface area (TPSA) is 251 Å². The van der Waals surface area contributed by atoms with Crippen LogP contribution >= 0.6 is 0 Å². The van der Waals surface area contributed by atoms with Gasteiger partial charge in [0.05, 0.1) is 42.3 Å². The van der Waals surface area contributed by atoms with Gasteiger partial charge in [-0.1, -0.05) is 62.4 Å². The Kier molecular flexibility index (Phi) is 14.3. The number of Topliss-reactive ketones (excluding diaryl/α,β-unsaturated/α-hetero) is 1. The van der Waals surface area contributed by atoms with Gasteiger partial charge < -0.3 is 54.2 Å². The Morgan fingerprint density at radius 1 is 0.984 bits per heavy atom. The molecule has 6 rings (SSSR count). The van der Waals surface area contributed by atoms with Crippen molar-refractivity contribution in [3.63, 3.8) is 0 Å². The molecular formula is C46H59NO16. The molecular weight excluding hydrogens is 822 g/mol. The summed E-state index contributed by atoms with van der Waals surface area (Å²) >= 11 is 0. The van der Waals surface area contributed by atoms with Gasteiger partial charge in [-0.15, -0.1) is 0 Å². The number of hydrogen-bond donors (Lipinski definition) is 5. The van der Waals surface area contributed by atoms with Crippen LogP contribution in [0.25, 0.3) is 0 Å². The van der Waals surface area contributed by atoms with E-state index in [9.17, 15) is 49.2 Å².